The molecule has 1 unspecified atom stereocenters. The number of nitrogens with zero attached hydrogens (tertiary/aromatic N) is 4. The molecule has 0 saturated carbocycles. The highest BCUT2D eigenvalue weighted by molar-refractivity contribution is 5.26. The second-order valence-corrected chi connectivity index (χ2v) is 7.19. The summed E-state index contributed by atoms with van der Waals surface area (Å²) in [6.45, 7) is 4.17. The topological polar surface area (TPSA) is 89.3 Å². The van der Waals surface area contributed by atoms with Crippen molar-refractivity contribution in [3.8, 4) is 0 Å². The predicted molar refractivity (Wildman–Crippen MR) is 86.7 cm³/mol. The van der Waals surface area contributed by atoms with Crippen LogP contribution in [0, 0.1) is 0 Å². The third kappa shape index (κ3) is 2.78. The number of aromatic nitrogens is 4. The summed E-state index contributed by atoms with van der Waals surface area (Å²) in [5, 5.41) is 11.5. The van der Waals surface area contributed by atoms with Crippen LogP contribution < -0.4 is 0 Å². The molecule has 25 heavy (non-hydrogen) atoms. The van der Waals surface area contributed by atoms with E-state index < -0.39 is 0 Å². The van der Waals surface area contributed by atoms with Gasteiger partial charge in [-0.15, -0.1) is 0 Å². The first-order valence-corrected chi connectivity index (χ1v) is 9.15. The first kappa shape index (κ1) is 15.5. The molecular formula is C17H23N5O3. The lowest BCUT2D eigenvalue weighted by Gasteiger charge is -2.43. The Bertz CT molecular complexity index is 728. The molecule has 1 atom stereocenters. The zero-order valence-corrected chi connectivity index (χ0v) is 14.2. The van der Waals surface area contributed by atoms with Crippen LogP contribution in [0.1, 0.15) is 54.8 Å². The fourth-order valence-corrected chi connectivity index (χ4v) is 4.23. The third-order valence-corrected chi connectivity index (χ3v) is 5.64. The fourth-order valence-electron chi connectivity index (χ4n) is 4.23. The van der Waals surface area contributed by atoms with E-state index in [1.165, 1.54) is 11.3 Å². The Kier molecular flexibility index (Phi) is 3.83. The van der Waals surface area contributed by atoms with Crippen molar-refractivity contribution in [3.05, 3.63) is 29.2 Å². The smallest absolute Gasteiger partial charge is 0.255 e. The van der Waals surface area contributed by atoms with Crippen LogP contribution in [0.15, 0.2) is 10.7 Å². The Hall–Kier alpha value is -1.77. The van der Waals surface area contributed by atoms with Crippen molar-refractivity contribution in [2.75, 3.05) is 26.3 Å². The Morgan fingerprint density at radius 3 is 3.04 bits per heavy atom. The van der Waals surface area contributed by atoms with Crippen LogP contribution in [-0.4, -0.2) is 51.5 Å². The molecule has 3 aliphatic rings. The quantitative estimate of drug-likeness (QED) is 0.905. The van der Waals surface area contributed by atoms with E-state index in [1.807, 2.05) is 6.20 Å². The van der Waals surface area contributed by atoms with Gasteiger partial charge in [-0.1, -0.05) is 5.16 Å². The molecule has 1 N–H and O–H groups in total. The van der Waals surface area contributed by atoms with Gasteiger partial charge >= 0.3 is 0 Å². The number of fused-ring (bicyclic) bond motifs is 2. The minimum Gasteiger partial charge on any atom is -0.368 e. The molecular weight excluding hydrogens is 322 g/mol. The van der Waals surface area contributed by atoms with Gasteiger partial charge in [-0.3, -0.25) is 10.00 Å². The molecule has 0 aromatic carbocycles. The minimum atomic E-state index is -0.194. The Morgan fingerprint density at radius 1 is 1.28 bits per heavy atom. The molecule has 134 valence electrons. The number of hydrogen-bond acceptors (Lipinski definition) is 7. The van der Waals surface area contributed by atoms with Crippen LogP contribution in [-0.2, 0) is 28.0 Å². The first-order valence-electron chi connectivity index (χ1n) is 9.15. The van der Waals surface area contributed by atoms with E-state index in [-0.39, 0.29) is 11.7 Å². The zero-order chi connectivity index (χ0) is 16.7. The highest BCUT2D eigenvalue weighted by atomic mass is 16.5. The molecule has 0 bridgehead atoms. The summed E-state index contributed by atoms with van der Waals surface area (Å²) in [6.07, 6.45) is 6.82. The molecule has 8 heteroatoms. The number of aromatic amines is 1. The standard InChI is InChI=1S/C17H23N5O3/c1-2-13(23-8-1)16-19-14(21-25-16)11-22-6-4-17(5-7-22)15-12(3-9-24-17)10-18-20-15/h10,13H,1-9,11H2,(H,18,20). The lowest BCUT2D eigenvalue weighted by molar-refractivity contribution is -0.102. The highest BCUT2D eigenvalue weighted by Crippen LogP contribution is 2.40. The second kappa shape index (κ2) is 6.19. The molecule has 5 rings (SSSR count). The van der Waals surface area contributed by atoms with E-state index in [2.05, 4.69) is 25.2 Å². The molecule has 2 aromatic rings. The van der Waals surface area contributed by atoms with E-state index in [4.69, 9.17) is 14.0 Å². The summed E-state index contributed by atoms with van der Waals surface area (Å²) in [6, 6.07) is 0. The number of rotatable bonds is 3. The summed E-state index contributed by atoms with van der Waals surface area (Å²) in [5.41, 5.74) is 2.29. The van der Waals surface area contributed by atoms with E-state index in [1.54, 1.807) is 0 Å². The van der Waals surface area contributed by atoms with Gasteiger partial charge in [0, 0.05) is 19.7 Å². The highest BCUT2D eigenvalue weighted by Gasteiger charge is 2.42. The molecule has 3 aliphatic heterocycles. The number of piperidine rings is 1. The van der Waals surface area contributed by atoms with Crippen molar-refractivity contribution in [3.63, 3.8) is 0 Å². The average molecular weight is 345 g/mol. The summed E-state index contributed by atoms with van der Waals surface area (Å²) in [7, 11) is 0. The Morgan fingerprint density at radius 2 is 2.20 bits per heavy atom. The maximum atomic E-state index is 6.20. The van der Waals surface area contributed by atoms with Gasteiger partial charge in [-0.05, 0) is 37.7 Å². The van der Waals surface area contributed by atoms with Crippen molar-refractivity contribution in [1.82, 2.24) is 25.2 Å². The van der Waals surface area contributed by atoms with Gasteiger partial charge in [0.25, 0.3) is 5.89 Å². The van der Waals surface area contributed by atoms with Crippen molar-refractivity contribution >= 4 is 0 Å². The molecule has 2 aromatic heterocycles. The Labute approximate surface area is 145 Å². The molecule has 2 fully saturated rings. The van der Waals surface area contributed by atoms with Crippen molar-refractivity contribution in [2.45, 2.75) is 50.4 Å². The minimum absolute atomic E-state index is 0.0136. The van der Waals surface area contributed by atoms with Crippen molar-refractivity contribution in [1.29, 1.82) is 0 Å². The predicted octanol–water partition coefficient (Wildman–Crippen LogP) is 1.71. The Balaban J connectivity index is 1.23. The van der Waals surface area contributed by atoms with E-state index in [9.17, 15) is 0 Å². The maximum absolute atomic E-state index is 6.20. The average Bonchev–Trinajstić information content (AvgIpc) is 3.38. The third-order valence-electron chi connectivity index (χ3n) is 5.64. The van der Waals surface area contributed by atoms with Gasteiger partial charge < -0.3 is 14.0 Å². The van der Waals surface area contributed by atoms with Crippen LogP contribution in [0.25, 0.3) is 0 Å². The molecule has 5 heterocycles. The van der Waals surface area contributed by atoms with Gasteiger partial charge in [0.2, 0.25) is 0 Å². The van der Waals surface area contributed by atoms with Gasteiger partial charge in [0.05, 0.1) is 25.0 Å². The SMILES string of the molecule is c1n[nH]c2c1CCOC21CCN(Cc2noc(C3CCCO3)n2)CC1. The summed E-state index contributed by atoms with van der Waals surface area (Å²) < 4.78 is 17.2. The maximum Gasteiger partial charge on any atom is 0.255 e. The largest absolute Gasteiger partial charge is 0.368 e. The molecule has 0 aliphatic carbocycles. The van der Waals surface area contributed by atoms with Crippen LogP contribution in [0.4, 0.5) is 0 Å². The second-order valence-electron chi connectivity index (χ2n) is 7.19. The zero-order valence-electron chi connectivity index (χ0n) is 14.2. The number of nitrogens with one attached hydrogen (secondary N) is 1. The number of likely N-dealkylation sites (tertiary alicyclic amines) is 1. The lowest BCUT2D eigenvalue weighted by atomic mass is 9.84. The van der Waals surface area contributed by atoms with E-state index >= 15 is 0 Å². The number of ether oxygens (including phenoxy) is 2. The van der Waals surface area contributed by atoms with E-state index in [0.717, 1.165) is 64.2 Å². The van der Waals surface area contributed by atoms with Crippen LogP contribution in [0.3, 0.4) is 0 Å². The molecule has 8 nitrogen and oxygen atoms in total. The normalized spacial score (nSPS) is 26.2. The van der Waals surface area contributed by atoms with Crippen LogP contribution >= 0.6 is 0 Å². The van der Waals surface area contributed by atoms with Crippen molar-refractivity contribution < 1.29 is 14.0 Å². The van der Waals surface area contributed by atoms with E-state index in [0.29, 0.717) is 12.4 Å². The molecule has 0 amide bonds. The van der Waals surface area contributed by atoms with Gasteiger partial charge in [0.15, 0.2) is 5.82 Å². The van der Waals surface area contributed by atoms with Crippen LogP contribution in [0.5, 0.6) is 0 Å². The lowest BCUT2D eigenvalue weighted by Crippen LogP contribution is -2.46. The summed E-state index contributed by atoms with van der Waals surface area (Å²) in [5.74, 6) is 1.37. The van der Waals surface area contributed by atoms with Gasteiger partial charge in [-0.2, -0.15) is 10.1 Å². The number of H-pyrrole nitrogens is 1. The molecule has 0 radical (unpaired) electrons. The van der Waals surface area contributed by atoms with Crippen LogP contribution in [0.2, 0.25) is 0 Å². The fraction of sp³-hybridized carbons (Fsp3) is 0.706. The monoisotopic (exact) mass is 345 g/mol. The first-order chi connectivity index (χ1) is 12.3. The number of hydrogen-bond donors (Lipinski definition) is 1. The summed E-state index contributed by atoms with van der Waals surface area (Å²) in [4.78, 5) is 6.89. The van der Waals surface area contributed by atoms with Crippen molar-refractivity contribution in [2.24, 2.45) is 0 Å². The van der Waals surface area contributed by atoms with Gasteiger partial charge in [-0.25, -0.2) is 0 Å². The molecule has 1 spiro atoms. The summed E-state index contributed by atoms with van der Waals surface area (Å²) >= 11 is 0. The molecule has 2 saturated heterocycles. The van der Waals surface area contributed by atoms with Gasteiger partial charge in [0.1, 0.15) is 11.7 Å².